The Bertz CT molecular complexity index is 1220. The maximum atomic E-state index is 12.5. The summed E-state index contributed by atoms with van der Waals surface area (Å²) in [6, 6.07) is -4.46. The maximum Gasteiger partial charge on any atom is 0.407 e. The molecule has 0 aliphatic heterocycles. The van der Waals surface area contributed by atoms with Crippen LogP contribution in [0.3, 0.4) is 0 Å². The van der Waals surface area contributed by atoms with E-state index < -0.39 is 77.6 Å². The molecule has 0 aliphatic rings. The molecule has 0 saturated heterocycles. The highest BCUT2D eigenvalue weighted by atomic mass is 33.1. The van der Waals surface area contributed by atoms with Gasteiger partial charge in [-0.1, -0.05) is 86.4 Å². The van der Waals surface area contributed by atoms with Crippen LogP contribution >= 0.6 is 86.4 Å². The molecule has 0 aliphatic carbocycles. The molecule has 0 spiro atoms. The summed E-state index contributed by atoms with van der Waals surface area (Å²) in [6.07, 6.45) is 10.6. The predicted octanol–water partition coefficient (Wildman–Crippen LogP) is 6.43. The van der Waals surface area contributed by atoms with Crippen molar-refractivity contribution in [3.8, 4) is 0 Å². The van der Waals surface area contributed by atoms with Crippen LogP contribution in [0.2, 0.25) is 0 Å². The van der Waals surface area contributed by atoms with Gasteiger partial charge >= 0.3 is 42.2 Å². The summed E-state index contributed by atoms with van der Waals surface area (Å²) in [6.45, 7) is -0.142. The zero-order valence-electron chi connectivity index (χ0n) is 36.9. The third-order valence-corrected chi connectivity index (χ3v) is 16.3. The van der Waals surface area contributed by atoms with E-state index >= 15 is 0 Å². The molecule has 0 radical (unpaired) electrons. The summed E-state index contributed by atoms with van der Waals surface area (Å²) in [5.74, 6) is -4.68. The van der Waals surface area contributed by atoms with Crippen LogP contribution in [0.4, 0.5) is 14.4 Å². The number of ether oxygens (including phenoxy) is 4. The third kappa shape index (κ3) is 33.1. The van der Waals surface area contributed by atoms with Gasteiger partial charge in [0.25, 0.3) is 0 Å². The molecule has 65 heavy (non-hydrogen) atoms. The van der Waals surface area contributed by atoms with Crippen molar-refractivity contribution in [3.63, 3.8) is 0 Å². The van der Waals surface area contributed by atoms with Gasteiger partial charge in [-0.3, -0.25) is 4.79 Å². The monoisotopic (exact) mass is 1080 g/mol. The lowest BCUT2D eigenvalue weighted by Gasteiger charge is -2.35. The molecule has 8 N–H and O–H groups in total. The minimum atomic E-state index is -1.19. The van der Waals surface area contributed by atoms with E-state index in [2.05, 4.69) is 21.3 Å². The summed E-state index contributed by atoms with van der Waals surface area (Å²) in [4.78, 5) is 96.1. The number of alkyl carbamates (subject to hydrolysis) is 3. The number of hydrogen-bond acceptors (Lipinski definition) is 20. The molecule has 4 amide bonds. The number of amides is 4. The smallest absolute Gasteiger partial charge is 0.407 e. The minimum absolute atomic E-state index is 0.0143. The quantitative estimate of drug-likeness (QED) is 0.0186. The number of aliphatic carboxylic acids is 4. The molecule has 0 fully saturated rings. The maximum absolute atomic E-state index is 12.5. The van der Waals surface area contributed by atoms with E-state index in [9.17, 15) is 58.8 Å². The molecule has 20 nitrogen and oxygen atoms in total. The molecule has 0 aromatic rings. The van der Waals surface area contributed by atoms with Crippen LogP contribution in [0.5, 0.6) is 0 Å². The van der Waals surface area contributed by atoms with Crippen LogP contribution < -0.4 is 21.3 Å². The van der Waals surface area contributed by atoms with Crippen LogP contribution in [0.1, 0.15) is 70.6 Å². The molecule has 4 atom stereocenters. The third-order valence-electron chi connectivity index (χ3n) is 9.05. The fourth-order valence-electron chi connectivity index (χ4n) is 5.80. The Labute approximate surface area is 412 Å². The number of rotatable bonds is 41. The Morgan fingerprint density at radius 1 is 0.431 bits per heavy atom. The van der Waals surface area contributed by atoms with Crippen molar-refractivity contribution in [1.82, 2.24) is 21.3 Å². The molecule has 0 rings (SSSR count). The van der Waals surface area contributed by atoms with Crippen LogP contribution in [0, 0.1) is 5.41 Å². The highest BCUT2D eigenvalue weighted by molar-refractivity contribution is 8.77. The van der Waals surface area contributed by atoms with Crippen LogP contribution in [0.15, 0.2) is 0 Å². The zero-order valence-corrected chi connectivity index (χ0v) is 43.4. The number of carboxylic acids is 4. The summed E-state index contributed by atoms with van der Waals surface area (Å²) >= 11 is 0. The second-order valence-electron chi connectivity index (χ2n) is 13.8. The van der Waals surface area contributed by atoms with E-state index in [4.69, 9.17) is 18.9 Å². The molecule has 0 bridgehead atoms. The van der Waals surface area contributed by atoms with Gasteiger partial charge < -0.3 is 60.6 Å². The van der Waals surface area contributed by atoms with Gasteiger partial charge in [0.05, 0.1) is 19.8 Å². The minimum Gasteiger partial charge on any atom is -0.480 e. The SMILES string of the molecule is CSSCC(NC(=O)COCCCC(CCCCOC(=O)NC(CSSC)C(=O)O)(CCCCOC(=O)NC(CSSC)C(=O)O)CCCCOC(=O)NC(CSSC)C(=O)O)C(=O)O. The molecule has 376 valence electrons. The number of carbonyl (C=O) groups excluding carboxylic acids is 4. The Morgan fingerprint density at radius 3 is 1.02 bits per heavy atom. The van der Waals surface area contributed by atoms with Gasteiger partial charge in [0.1, 0.15) is 30.8 Å². The first-order valence-corrected chi connectivity index (χ1v) is 31.2. The normalized spacial score (nSPS) is 13.8. The van der Waals surface area contributed by atoms with Gasteiger partial charge in [-0.25, -0.2) is 33.6 Å². The standard InChI is InChI=1S/C37H64N4O16S8/c1-58-62-21-25(30(43)44)38-29(42)20-54-16-11-15-37(12-5-8-17-55-34(51)39-26(31(45)46)22-63-59-2,13-6-9-18-56-35(52)40-27(32(47)48)23-64-60-3)14-7-10-19-57-36(53)41-28(33(49)50)24-65-61-4/h25-28H,5-24H2,1-4H3,(H,38,42)(H,39,51)(H,40,52)(H,41,53)(H,43,44)(H,45,46)(H,47,48)(H,49,50). The van der Waals surface area contributed by atoms with E-state index in [1.807, 2.05) is 0 Å². The van der Waals surface area contributed by atoms with E-state index in [0.29, 0.717) is 70.6 Å². The van der Waals surface area contributed by atoms with Crippen molar-refractivity contribution < 1.29 is 77.7 Å². The van der Waals surface area contributed by atoms with Crippen LogP contribution in [-0.4, -0.2) is 174 Å². The van der Waals surface area contributed by atoms with E-state index in [-0.39, 0.29) is 56.0 Å². The number of carboxylic acid groups (broad SMARTS) is 4. The second-order valence-corrected chi connectivity index (χ2v) is 24.2. The lowest BCUT2D eigenvalue weighted by molar-refractivity contribution is -0.142. The first kappa shape index (κ1) is 62.9. The summed E-state index contributed by atoms with van der Waals surface area (Å²) in [5.41, 5.74) is -0.391. The van der Waals surface area contributed by atoms with Crippen molar-refractivity contribution >= 4 is 134 Å². The molecule has 0 saturated carbocycles. The molecular formula is C37H64N4O16S8. The average molecular weight is 1080 g/mol. The lowest BCUT2D eigenvalue weighted by Crippen LogP contribution is -2.44. The molecular weight excluding hydrogens is 1010 g/mol. The predicted molar refractivity (Wildman–Crippen MR) is 265 cm³/mol. The fourth-order valence-corrected chi connectivity index (χ4v) is 11.1. The average Bonchev–Trinajstić information content (AvgIpc) is 3.25. The van der Waals surface area contributed by atoms with E-state index in [0.717, 1.165) is 0 Å². The number of carbonyl (C=O) groups is 8. The van der Waals surface area contributed by atoms with Crippen molar-refractivity contribution in [1.29, 1.82) is 0 Å². The first-order chi connectivity index (χ1) is 31.0. The highest BCUT2D eigenvalue weighted by Gasteiger charge is 2.30. The Balaban J connectivity index is 5.92. The molecule has 4 unspecified atom stereocenters. The van der Waals surface area contributed by atoms with Crippen molar-refractivity contribution in [2.24, 2.45) is 5.41 Å². The molecule has 0 heterocycles. The second kappa shape index (κ2) is 39.9. The Morgan fingerprint density at radius 2 is 0.723 bits per heavy atom. The summed E-state index contributed by atoms with van der Waals surface area (Å²) in [7, 11) is 10.6. The number of nitrogens with one attached hydrogen (secondary N) is 4. The Hall–Kier alpha value is -2.08. The summed E-state index contributed by atoms with van der Waals surface area (Å²) < 4.78 is 21.6. The first-order valence-electron chi connectivity index (χ1n) is 20.2. The van der Waals surface area contributed by atoms with Crippen molar-refractivity contribution in [2.75, 3.05) is 81.1 Å². The van der Waals surface area contributed by atoms with E-state index in [1.54, 1.807) is 25.0 Å². The van der Waals surface area contributed by atoms with Gasteiger partial charge in [-0.15, -0.1) is 0 Å². The van der Waals surface area contributed by atoms with Crippen molar-refractivity contribution in [2.45, 2.75) is 94.8 Å². The van der Waals surface area contributed by atoms with E-state index in [1.165, 1.54) is 86.4 Å². The topological polar surface area (TPSA) is 303 Å². The molecule has 28 heteroatoms. The molecule has 0 aromatic carbocycles. The zero-order chi connectivity index (χ0) is 48.9. The summed E-state index contributed by atoms with van der Waals surface area (Å²) in [5, 5.41) is 47.4. The highest BCUT2D eigenvalue weighted by Crippen LogP contribution is 2.41. The number of unbranched alkanes of at least 4 members (excludes halogenated alkanes) is 3. The largest absolute Gasteiger partial charge is 0.480 e. The van der Waals surface area contributed by atoms with Crippen molar-refractivity contribution in [3.05, 3.63) is 0 Å². The van der Waals surface area contributed by atoms with Gasteiger partial charge in [-0.05, 0) is 101 Å². The molecule has 0 aromatic heterocycles. The Kier molecular flexibility index (Phi) is 38.6. The number of hydrogen-bond donors (Lipinski definition) is 8. The van der Waals surface area contributed by atoms with Crippen LogP contribution in [0.25, 0.3) is 0 Å². The van der Waals surface area contributed by atoms with Gasteiger partial charge in [0.2, 0.25) is 5.91 Å². The van der Waals surface area contributed by atoms with Gasteiger partial charge in [0, 0.05) is 29.6 Å². The van der Waals surface area contributed by atoms with Gasteiger partial charge in [-0.2, -0.15) is 0 Å². The van der Waals surface area contributed by atoms with Gasteiger partial charge in [0.15, 0.2) is 0 Å². The fraction of sp³-hybridized carbons (Fsp3) is 0.784. The lowest BCUT2D eigenvalue weighted by atomic mass is 9.71. The van der Waals surface area contributed by atoms with Crippen LogP contribution in [-0.2, 0) is 42.9 Å².